The number of hydrogen-bond acceptors (Lipinski definition) is 6. The van der Waals surface area contributed by atoms with Crippen LogP contribution in [0, 0.1) is 55.7 Å². The van der Waals surface area contributed by atoms with Crippen molar-refractivity contribution in [1.29, 1.82) is 0 Å². The third-order valence-electron chi connectivity index (χ3n) is 16.7. The SMILES string of the molecule is CCCCCC[C@]12CC[C@H](O)[C@@](C)([C@H](O)CO)[C@H]1CC[C@]1(C)[C@@H]2C(=O)C=C2[C@H]3CC(C)(C)CC4(CCCC4)[C@]3(CO)[C@@H](O)C[C@]21C. The first-order valence-electron chi connectivity index (χ1n) is 19.1. The summed E-state index contributed by atoms with van der Waals surface area (Å²) >= 11 is 0. The number of aliphatic hydroxyl groups is 5. The maximum Gasteiger partial charge on any atom is 0.159 e. The van der Waals surface area contributed by atoms with Crippen LogP contribution in [0.4, 0.5) is 0 Å². The molecule has 0 aromatic carbocycles. The van der Waals surface area contributed by atoms with E-state index in [2.05, 4.69) is 34.6 Å². The summed E-state index contributed by atoms with van der Waals surface area (Å²) in [6.07, 6.45) is 14.5. The second kappa shape index (κ2) is 11.6. The number of fused-ring (bicyclic) bond motifs is 8. The molecule has 0 bridgehead atoms. The van der Waals surface area contributed by atoms with Gasteiger partial charge in [-0.25, -0.2) is 0 Å². The molecule has 0 radical (unpaired) electrons. The van der Waals surface area contributed by atoms with E-state index in [0.717, 1.165) is 89.9 Å². The molecule has 0 saturated heterocycles. The van der Waals surface area contributed by atoms with E-state index in [-0.39, 0.29) is 41.0 Å². The summed E-state index contributed by atoms with van der Waals surface area (Å²) in [7, 11) is 0. The highest BCUT2D eigenvalue weighted by Crippen LogP contribution is 2.79. The summed E-state index contributed by atoms with van der Waals surface area (Å²) in [5, 5.41) is 57.1. The number of rotatable bonds is 8. The molecule has 6 rings (SSSR count). The molecule has 0 aromatic rings. The van der Waals surface area contributed by atoms with Crippen LogP contribution in [-0.4, -0.2) is 62.8 Å². The molecule has 262 valence electrons. The van der Waals surface area contributed by atoms with E-state index in [1.54, 1.807) is 0 Å². The first-order chi connectivity index (χ1) is 21.6. The molecule has 1 spiro atoms. The second-order valence-corrected chi connectivity index (χ2v) is 18.9. The monoisotopic (exact) mass is 642 g/mol. The number of aliphatic hydroxyl groups excluding tert-OH is 5. The summed E-state index contributed by atoms with van der Waals surface area (Å²) < 4.78 is 0. The molecule has 6 heteroatoms. The highest BCUT2D eigenvalue weighted by Gasteiger charge is 2.75. The minimum atomic E-state index is -1.05. The molecule has 11 atom stereocenters. The van der Waals surface area contributed by atoms with Crippen molar-refractivity contribution < 1.29 is 30.3 Å². The van der Waals surface area contributed by atoms with Crippen LogP contribution in [0.5, 0.6) is 0 Å². The minimum Gasteiger partial charge on any atom is -0.396 e. The maximum atomic E-state index is 15.2. The predicted octanol–water partition coefficient (Wildman–Crippen LogP) is 6.75. The number of unbranched alkanes of at least 4 members (excludes halogenated alkanes) is 3. The van der Waals surface area contributed by atoms with E-state index in [4.69, 9.17) is 0 Å². The standard InChI is InChI=1S/C40H66O6/c1-7-8-9-10-17-39-19-14-30(44)37(6,32(46)23-41)29(39)13-18-35(4)33(39)28(43)20-26-27-21-34(2,3)24-38(15-11-12-16-38)40(27,25-42)31(45)22-36(26,35)5/h20,27,29-33,41-42,44-46H,7-19,21-25H2,1-6H3/t27-,29-,30+,31+,32-,33+,35-,36-,37+,39+,40+/m1/s1. The van der Waals surface area contributed by atoms with Gasteiger partial charge >= 0.3 is 0 Å². The Morgan fingerprint density at radius 1 is 0.891 bits per heavy atom. The van der Waals surface area contributed by atoms with Gasteiger partial charge in [0, 0.05) is 16.7 Å². The van der Waals surface area contributed by atoms with Gasteiger partial charge in [-0.1, -0.05) is 85.6 Å². The lowest BCUT2D eigenvalue weighted by Crippen LogP contribution is -2.72. The van der Waals surface area contributed by atoms with Crippen molar-refractivity contribution in [2.75, 3.05) is 13.2 Å². The van der Waals surface area contributed by atoms with Crippen LogP contribution in [-0.2, 0) is 4.79 Å². The third kappa shape index (κ3) is 4.40. The molecule has 0 heterocycles. The van der Waals surface area contributed by atoms with E-state index in [0.29, 0.717) is 12.8 Å². The molecule has 6 aliphatic rings. The van der Waals surface area contributed by atoms with Crippen molar-refractivity contribution in [3.8, 4) is 0 Å². The lowest BCUT2D eigenvalue weighted by Gasteiger charge is -2.74. The Morgan fingerprint density at radius 3 is 2.22 bits per heavy atom. The van der Waals surface area contributed by atoms with Crippen LogP contribution in [0.1, 0.15) is 144 Å². The van der Waals surface area contributed by atoms with Gasteiger partial charge in [0.15, 0.2) is 5.78 Å². The Kier molecular flexibility index (Phi) is 8.87. The van der Waals surface area contributed by atoms with Crippen LogP contribution >= 0.6 is 0 Å². The Hall–Kier alpha value is -0.790. The van der Waals surface area contributed by atoms with Crippen molar-refractivity contribution in [2.24, 2.45) is 55.7 Å². The van der Waals surface area contributed by atoms with E-state index >= 15 is 4.79 Å². The largest absolute Gasteiger partial charge is 0.396 e. The van der Waals surface area contributed by atoms with Crippen molar-refractivity contribution in [3.63, 3.8) is 0 Å². The van der Waals surface area contributed by atoms with Crippen molar-refractivity contribution >= 4 is 5.78 Å². The molecule has 5 fully saturated rings. The highest BCUT2D eigenvalue weighted by molar-refractivity contribution is 5.95. The molecule has 0 aliphatic heterocycles. The Bertz CT molecular complexity index is 1200. The van der Waals surface area contributed by atoms with Crippen molar-refractivity contribution in [1.82, 2.24) is 0 Å². The van der Waals surface area contributed by atoms with Crippen molar-refractivity contribution in [3.05, 3.63) is 11.6 Å². The van der Waals surface area contributed by atoms with E-state index in [9.17, 15) is 25.5 Å². The van der Waals surface area contributed by atoms with Crippen LogP contribution in [0.3, 0.4) is 0 Å². The van der Waals surface area contributed by atoms with Gasteiger partial charge in [0.05, 0.1) is 31.5 Å². The summed E-state index contributed by atoms with van der Waals surface area (Å²) in [5.74, 6) is -0.214. The average Bonchev–Trinajstić information content (AvgIpc) is 3.46. The van der Waals surface area contributed by atoms with E-state index in [1.807, 2.05) is 13.0 Å². The van der Waals surface area contributed by atoms with Gasteiger partial charge in [-0.05, 0) is 109 Å². The summed E-state index contributed by atoms with van der Waals surface area (Å²) in [6.45, 7) is 13.2. The van der Waals surface area contributed by atoms with Crippen LogP contribution in [0.25, 0.3) is 0 Å². The highest BCUT2D eigenvalue weighted by atomic mass is 16.3. The second-order valence-electron chi connectivity index (χ2n) is 18.9. The van der Waals surface area contributed by atoms with Gasteiger partial charge in [0.1, 0.15) is 0 Å². The molecule has 0 unspecified atom stereocenters. The van der Waals surface area contributed by atoms with Gasteiger partial charge in [0.2, 0.25) is 0 Å². The summed E-state index contributed by atoms with van der Waals surface area (Å²) in [6, 6.07) is 0. The number of hydrogen-bond donors (Lipinski definition) is 5. The molecular formula is C40H66O6. The van der Waals surface area contributed by atoms with Crippen LogP contribution in [0.2, 0.25) is 0 Å². The molecule has 0 aromatic heterocycles. The fraction of sp³-hybridized carbons (Fsp3) is 0.925. The Morgan fingerprint density at radius 2 is 1.59 bits per heavy atom. The molecule has 46 heavy (non-hydrogen) atoms. The fourth-order valence-electron chi connectivity index (χ4n) is 14.5. The number of ketones is 1. The van der Waals surface area contributed by atoms with Crippen molar-refractivity contribution in [2.45, 2.75) is 163 Å². The third-order valence-corrected chi connectivity index (χ3v) is 16.7. The van der Waals surface area contributed by atoms with Gasteiger partial charge in [-0.2, -0.15) is 0 Å². The lowest BCUT2D eigenvalue weighted by molar-refractivity contribution is -0.255. The molecule has 6 nitrogen and oxygen atoms in total. The van der Waals surface area contributed by atoms with Gasteiger partial charge in [-0.15, -0.1) is 0 Å². The lowest BCUT2D eigenvalue weighted by atomic mass is 9.30. The van der Waals surface area contributed by atoms with Gasteiger partial charge in [-0.3, -0.25) is 4.79 Å². The maximum absolute atomic E-state index is 15.2. The predicted molar refractivity (Wildman–Crippen MR) is 181 cm³/mol. The van der Waals surface area contributed by atoms with Gasteiger partial charge < -0.3 is 25.5 Å². The number of carbonyl (C=O) groups is 1. The molecule has 6 aliphatic carbocycles. The Balaban J connectivity index is 1.52. The first-order valence-corrected chi connectivity index (χ1v) is 19.1. The quantitative estimate of drug-likeness (QED) is 0.187. The zero-order valence-corrected chi connectivity index (χ0v) is 29.9. The summed E-state index contributed by atoms with van der Waals surface area (Å²) in [4.78, 5) is 15.2. The normalized spacial score (nSPS) is 48.2. The number of carbonyl (C=O) groups excluding carboxylic acids is 1. The zero-order valence-electron chi connectivity index (χ0n) is 29.9. The molecular weight excluding hydrogens is 576 g/mol. The zero-order chi connectivity index (χ0) is 33.6. The number of allylic oxidation sites excluding steroid dienone is 2. The fourth-order valence-corrected chi connectivity index (χ4v) is 14.5. The van der Waals surface area contributed by atoms with E-state index in [1.165, 1.54) is 5.57 Å². The Labute approximate surface area is 278 Å². The van der Waals surface area contributed by atoms with Gasteiger partial charge in [0.25, 0.3) is 0 Å². The molecule has 5 saturated carbocycles. The minimum absolute atomic E-state index is 0.0323. The van der Waals surface area contributed by atoms with Crippen LogP contribution in [0.15, 0.2) is 11.6 Å². The summed E-state index contributed by atoms with van der Waals surface area (Å²) in [5.41, 5.74) is -1.61. The molecule has 0 amide bonds. The topological polar surface area (TPSA) is 118 Å². The average molecular weight is 643 g/mol. The smallest absolute Gasteiger partial charge is 0.159 e. The van der Waals surface area contributed by atoms with E-state index < -0.39 is 52.0 Å². The first kappa shape index (κ1) is 35.1. The molecule has 5 N–H and O–H groups in total. The van der Waals surface area contributed by atoms with Crippen LogP contribution < -0.4 is 0 Å².